The number of aryl methyl sites for hydroxylation is 1. The van der Waals surface area contributed by atoms with Gasteiger partial charge in [0.2, 0.25) is 5.88 Å². The lowest BCUT2D eigenvalue weighted by Gasteiger charge is -2.12. The topological polar surface area (TPSA) is 81.2 Å². The van der Waals surface area contributed by atoms with E-state index in [0.29, 0.717) is 22.5 Å². The second-order valence-corrected chi connectivity index (χ2v) is 6.83. The Morgan fingerprint density at radius 1 is 1.21 bits per heavy atom. The van der Waals surface area contributed by atoms with Crippen LogP contribution in [-0.2, 0) is 17.8 Å². The molecule has 0 aromatic carbocycles. The van der Waals surface area contributed by atoms with Crippen LogP contribution in [0.25, 0.3) is 0 Å². The number of ketones is 1. The highest BCUT2D eigenvalue weighted by molar-refractivity contribution is 5.94. The Bertz CT molecular complexity index is 883. The third-order valence-corrected chi connectivity index (χ3v) is 4.05. The molecule has 2 rings (SSSR count). The zero-order valence-electron chi connectivity index (χ0n) is 16.3. The highest BCUT2D eigenvalue weighted by atomic mass is 19.4. The first-order valence-corrected chi connectivity index (χ1v) is 8.97. The van der Waals surface area contributed by atoms with Gasteiger partial charge < -0.3 is 10.1 Å². The largest absolute Gasteiger partial charge is 0.468 e. The van der Waals surface area contributed by atoms with Gasteiger partial charge in [-0.15, -0.1) is 0 Å². The highest BCUT2D eigenvalue weighted by Crippen LogP contribution is 2.18. The molecule has 0 saturated heterocycles. The second-order valence-electron chi connectivity index (χ2n) is 6.83. The Hall–Kier alpha value is -2.97. The molecule has 0 atom stereocenters. The smallest absolute Gasteiger partial charge is 0.422 e. The molecule has 0 aliphatic carbocycles. The van der Waals surface area contributed by atoms with E-state index in [4.69, 9.17) is 0 Å². The summed E-state index contributed by atoms with van der Waals surface area (Å²) in [6.45, 7) is 3.88. The Morgan fingerprint density at radius 2 is 1.93 bits per heavy atom. The molecule has 1 N–H and O–H groups in total. The van der Waals surface area contributed by atoms with E-state index >= 15 is 0 Å². The van der Waals surface area contributed by atoms with E-state index in [9.17, 15) is 22.8 Å². The molecule has 0 spiro atoms. The van der Waals surface area contributed by atoms with E-state index in [2.05, 4.69) is 20.0 Å². The molecule has 2 aromatic rings. The summed E-state index contributed by atoms with van der Waals surface area (Å²) in [5, 5.41) is 2.67. The average Bonchev–Trinajstić information content (AvgIpc) is 2.65. The van der Waals surface area contributed by atoms with Gasteiger partial charge in [-0.1, -0.05) is 19.9 Å². The number of ether oxygens (including phenoxy) is 1. The fraction of sp³-hybridized carbons (Fsp3) is 0.400. The quantitative estimate of drug-likeness (QED) is 0.723. The zero-order valence-corrected chi connectivity index (χ0v) is 16.3. The number of carbonyl (C=O) groups excluding carboxylic acids is 2. The summed E-state index contributed by atoms with van der Waals surface area (Å²) >= 11 is 0. The number of nitrogens with zero attached hydrogens (tertiary/aromatic N) is 2. The maximum Gasteiger partial charge on any atom is 0.422 e. The van der Waals surface area contributed by atoms with Crippen LogP contribution >= 0.6 is 0 Å². The molecule has 0 saturated carbocycles. The lowest BCUT2D eigenvalue weighted by Crippen LogP contribution is -2.24. The fourth-order valence-electron chi connectivity index (χ4n) is 2.33. The van der Waals surface area contributed by atoms with E-state index in [1.54, 1.807) is 32.9 Å². The fourth-order valence-corrected chi connectivity index (χ4v) is 2.33. The Balaban J connectivity index is 2.02. The molecule has 0 aliphatic rings. The van der Waals surface area contributed by atoms with Gasteiger partial charge in [-0.25, -0.2) is 4.98 Å². The number of rotatable bonds is 8. The summed E-state index contributed by atoms with van der Waals surface area (Å²) in [4.78, 5) is 32.4. The van der Waals surface area contributed by atoms with Crippen molar-refractivity contribution in [3.63, 3.8) is 0 Å². The van der Waals surface area contributed by atoms with Crippen molar-refractivity contribution in [3.8, 4) is 5.88 Å². The van der Waals surface area contributed by atoms with Crippen LogP contribution in [-0.4, -0.2) is 34.4 Å². The predicted octanol–water partition coefficient (Wildman–Crippen LogP) is 3.42. The monoisotopic (exact) mass is 409 g/mol. The van der Waals surface area contributed by atoms with E-state index in [1.807, 2.05) is 0 Å². The summed E-state index contributed by atoms with van der Waals surface area (Å²) in [5.74, 6) is -0.690. The molecule has 1 amide bonds. The van der Waals surface area contributed by atoms with E-state index in [0.717, 1.165) is 0 Å². The first-order valence-electron chi connectivity index (χ1n) is 8.97. The van der Waals surface area contributed by atoms with E-state index < -0.39 is 18.7 Å². The summed E-state index contributed by atoms with van der Waals surface area (Å²) in [7, 11) is 0. The van der Waals surface area contributed by atoms with Crippen molar-refractivity contribution >= 4 is 11.7 Å². The molecule has 0 fully saturated rings. The minimum atomic E-state index is -4.46. The van der Waals surface area contributed by atoms with Crippen LogP contribution in [0.1, 0.15) is 41.2 Å². The van der Waals surface area contributed by atoms with Gasteiger partial charge in [-0.05, 0) is 24.6 Å². The first-order chi connectivity index (χ1) is 13.5. The molecular formula is C20H22F3N3O3. The van der Waals surface area contributed by atoms with Crippen LogP contribution < -0.4 is 10.1 Å². The van der Waals surface area contributed by atoms with Crippen molar-refractivity contribution in [1.82, 2.24) is 15.3 Å². The Morgan fingerprint density at radius 3 is 2.59 bits per heavy atom. The van der Waals surface area contributed by atoms with Crippen LogP contribution in [0.3, 0.4) is 0 Å². The van der Waals surface area contributed by atoms with Crippen LogP contribution in [0.2, 0.25) is 0 Å². The number of hydrogen-bond acceptors (Lipinski definition) is 5. The van der Waals surface area contributed by atoms with Gasteiger partial charge in [0, 0.05) is 35.9 Å². The van der Waals surface area contributed by atoms with Crippen LogP contribution in [0.5, 0.6) is 5.88 Å². The molecular weight excluding hydrogens is 387 g/mol. The number of halogens is 3. The number of aromatic nitrogens is 2. The number of hydrogen-bond donors (Lipinski definition) is 1. The molecule has 2 aromatic heterocycles. The van der Waals surface area contributed by atoms with Crippen molar-refractivity contribution in [3.05, 3.63) is 53.0 Å². The van der Waals surface area contributed by atoms with Crippen LogP contribution in [0.4, 0.5) is 13.2 Å². The van der Waals surface area contributed by atoms with Gasteiger partial charge in [-0.2, -0.15) is 13.2 Å². The molecule has 29 heavy (non-hydrogen) atoms. The minimum absolute atomic E-state index is 0.0104. The third kappa shape index (κ3) is 7.17. The van der Waals surface area contributed by atoms with Gasteiger partial charge >= 0.3 is 6.18 Å². The van der Waals surface area contributed by atoms with Gasteiger partial charge in [-0.3, -0.25) is 14.6 Å². The molecule has 9 heteroatoms. The van der Waals surface area contributed by atoms with Gasteiger partial charge in [0.25, 0.3) is 5.91 Å². The Kier molecular flexibility index (Phi) is 7.30. The first kappa shape index (κ1) is 22.3. The van der Waals surface area contributed by atoms with Crippen molar-refractivity contribution in [2.45, 2.75) is 39.9 Å². The van der Waals surface area contributed by atoms with E-state index in [1.165, 1.54) is 18.3 Å². The molecule has 0 aliphatic heterocycles. The molecule has 156 valence electrons. The van der Waals surface area contributed by atoms with Crippen molar-refractivity contribution < 1.29 is 27.5 Å². The van der Waals surface area contributed by atoms with Gasteiger partial charge in [0.15, 0.2) is 6.61 Å². The van der Waals surface area contributed by atoms with Crippen molar-refractivity contribution in [2.75, 3.05) is 6.61 Å². The van der Waals surface area contributed by atoms with Crippen molar-refractivity contribution in [1.29, 1.82) is 0 Å². The summed E-state index contributed by atoms with van der Waals surface area (Å²) in [5.41, 5.74) is 1.91. The summed E-state index contributed by atoms with van der Waals surface area (Å²) in [6.07, 6.45) is -2.87. The SMILES string of the molecule is Cc1ccc(OCC(F)(F)F)nc1CNC(=O)c1ccnc(CC(=O)C(C)C)c1. The van der Waals surface area contributed by atoms with Gasteiger partial charge in [0.05, 0.1) is 12.2 Å². The van der Waals surface area contributed by atoms with Crippen molar-refractivity contribution in [2.24, 2.45) is 5.92 Å². The summed E-state index contributed by atoms with van der Waals surface area (Å²) < 4.78 is 41.5. The normalized spacial score (nSPS) is 11.4. The number of Topliss-reactive ketones (excluding diaryl/α,β-unsaturated/α-hetero) is 1. The average molecular weight is 409 g/mol. The summed E-state index contributed by atoms with van der Waals surface area (Å²) in [6, 6.07) is 5.97. The van der Waals surface area contributed by atoms with E-state index in [-0.39, 0.29) is 30.5 Å². The predicted molar refractivity (Wildman–Crippen MR) is 99.5 cm³/mol. The number of carbonyl (C=O) groups is 2. The number of nitrogens with one attached hydrogen (secondary N) is 1. The minimum Gasteiger partial charge on any atom is -0.468 e. The number of alkyl halides is 3. The maximum atomic E-state index is 12.4. The van der Waals surface area contributed by atoms with Crippen LogP contribution in [0.15, 0.2) is 30.5 Å². The maximum absolute atomic E-state index is 12.4. The third-order valence-electron chi connectivity index (χ3n) is 4.05. The molecule has 2 heterocycles. The number of pyridine rings is 2. The highest BCUT2D eigenvalue weighted by Gasteiger charge is 2.28. The lowest BCUT2D eigenvalue weighted by molar-refractivity contribution is -0.154. The zero-order chi connectivity index (χ0) is 21.6. The molecule has 0 bridgehead atoms. The molecule has 0 unspecified atom stereocenters. The van der Waals surface area contributed by atoms with Crippen LogP contribution in [0, 0.1) is 12.8 Å². The lowest BCUT2D eigenvalue weighted by atomic mass is 10.0. The second kappa shape index (κ2) is 9.49. The standard InChI is InChI=1S/C20H22F3N3O3/c1-12(2)17(27)9-15-8-14(6-7-24-15)19(28)25-10-16-13(3)4-5-18(26-16)29-11-20(21,22)23/h4-8,12H,9-11H2,1-3H3,(H,25,28). The van der Waals surface area contributed by atoms with Gasteiger partial charge in [0.1, 0.15) is 5.78 Å². The molecule has 0 radical (unpaired) electrons. The molecule has 6 nitrogen and oxygen atoms in total. The number of amides is 1. The Labute approximate surface area is 166 Å².